The quantitative estimate of drug-likeness (QED) is 0.280. The normalized spacial score (nSPS) is 24.6. The van der Waals surface area contributed by atoms with Gasteiger partial charge in [0.2, 0.25) is 12.4 Å². The molecule has 188 valence electrons. The maximum Gasteiger partial charge on any atom is 0.305 e. The second-order valence-electron chi connectivity index (χ2n) is 7.43. The minimum absolute atomic E-state index is 0.135. The summed E-state index contributed by atoms with van der Waals surface area (Å²) < 4.78 is 56.6. The molecule has 0 bridgehead atoms. The van der Waals surface area contributed by atoms with E-state index >= 15 is 0 Å². The maximum absolute atomic E-state index is 12.6. The number of ether oxygens (including phenoxy) is 5. The van der Waals surface area contributed by atoms with Gasteiger partial charge in [0.1, 0.15) is 6.10 Å². The molecule has 0 spiro atoms. The molecule has 12 nitrogen and oxygen atoms in total. The van der Waals surface area contributed by atoms with E-state index in [0.717, 1.165) is 33.3 Å². The minimum Gasteiger partial charge on any atom is -0.456 e. The van der Waals surface area contributed by atoms with Crippen LogP contribution in [0.15, 0.2) is 29.2 Å². The topological polar surface area (TPSA) is 158 Å². The Hall–Kier alpha value is -3.03. The predicted octanol–water partition coefficient (Wildman–Crippen LogP) is 0.783. The first-order chi connectivity index (χ1) is 15.8. The molecular weight excluding hydrogens is 476 g/mol. The molecular formula is C21H26O12S. The van der Waals surface area contributed by atoms with E-state index in [1.54, 1.807) is 19.1 Å². The predicted molar refractivity (Wildman–Crippen MR) is 111 cm³/mol. The van der Waals surface area contributed by atoms with Crippen molar-refractivity contribution in [2.75, 3.05) is 6.61 Å². The van der Waals surface area contributed by atoms with E-state index in [0.29, 0.717) is 0 Å². The van der Waals surface area contributed by atoms with Crippen molar-refractivity contribution in [3.8, 4) is 0 Å². The summed E-state index contributed by atoms with van der Waals surface area (Å²) in [6.45, 7) is 5.29. The second kappa shape index (κ2) is 11.4. The molecule has 1 aliphatic heterocycles. The van der Waals surface area contributed by atoms with Gasteiger partial charge in [-0.3, -0.25) is 23.4 Å². The van der Waals surface area contributed by atoms with Gasteiger partial charge < -0.3 is 23.7 Å². The number of hydrogen-bond acceptors (Lipinski definition) is 12. The smallest absolute Gasteiger partial charge is 0.305 e. The first-order valence-electron chi connectivity index (χ1n) is 10.1. The number of carbonyl (C=O) groups excluding carboxylic acids is 4. The van der Waals surface area contributed by atoms with Crippen LogP contribution in [0.25, 0.3) is 0 Å². The molecule has 1 aliphatic rings. The zero-order valence-corrected chi connectivity index (χ0v) is 20.0. The molecule has 13 heteroatoms. The zero-order chi connectivity index (χ0) is 25.6. The Morgan fingerprint density at radius 1 is 0.765 bits per heavy atom. The first-order valence-corrected chi connectivity index (χ1v) is 11.5. The average molecular weight is 502 g/mol. The molecule has 0 N–H and O–H groups in total. The van der Waals surface area contributed by atoms with Gasteiger partial charge in [-0.25, -0.2) is 0 Å². The van der Waals surface area contributed by atoms with Crippen molar-refractivity contribution in [2.24, 2.45) is 0 Å². The summed E-state index contributed by atoms with van der Waals surface area (Å²) in [6.07, 6.45) is -7.50. The van der Waals surface area contributed by atoms with Crippen LogP contribution in [0.1, 0.15) is 33.3 Å². The molecule has 5 unspecified atom stereocenters. The van der Waals surface area contributed by atoms with Crippen molar-refractivity contribution in [3.05, 3.63) is 29.8 Å². The Bertz CT molecular complexity index is 1020. The van der Waals surface area contributed by atoms with E-state index in [-0.39, 0.29) is 4.90 Å². The fourth-order valence-corrected chi connectivity index (χ4v) is 4.10. The van der Waals surface area contributed by atoms with Crippen molar-refractivity contribution < 1.29 is 55.5 Å². The van der Waals surface area contributed by atoms with E-state index in [9.17, 15) is 27.6 Å². The van der Waals surface area contributed by atoms with Gasteiger partial charge in [0.15, 0.2) is 12.2 Å². The van der Waals surface area contributed by atoms with Crippen molar-refractivity contribution in [1.82, 2.24) is 0 Å². The first kappa shape index (κ1) is 27.2. The molecule has 1 fully saturated rings. The van der Waals surface area contributed by atoms with Gasteiger partial charge in [-0.05, 0) is 19.1 Å². The Labute approximate surface area is 196 Å². The number of rotatable bonds is 8. The highest BCUT2D eigenvalue weighted by Gasteiger charge is 2.53. The van der Waals surface area contributed by atoms with Crippen LogP contribution in [-0.4, -0.2) is 69.6 Å². The monoisotopic (exact) mass is 502 g/mol. The molecule has 0 aromatic heterocycles. The van der Waals surface area contributed by atoms with Crippen LogP contribution < -0.4 is 0 Å². The van der Waals surface area contributed by atoms with Crippen molar-refractivity contribution in [2.45, 2.75) is 70.2 Å². The van der Waals surface area contributed by atoms with Gasteiger partial charge in [-0.1, -0.05) is 17.7 Å². The largest absolute Gasteiger partial charge is 0.456 e. The Balaban J connectivity index is 2.40. The number of hydrogen-bond donors (Lipinski definition) is 0. The van der Waals surface area contributed by atoms with Crippen LogP contribution >= 0.6 is 0 Å². The van der Waals surface area contributed by atoms with Crippen molar-refractivity contribution in [1.29, 1.82) is 0 Å². The fourth-order valence-electron chi connectivity index (χ4n) is 3.18. The van der Waals surface area contributed by atoms with E-state index < -0.39 is 71.3 Å². The third kappa shape index (κ3) is 7.50. The molecule has 0 amide bonds. The Morgan fingerprint density at radius 3 is 1.74 bits per heavy atom. The van der Waals surface area contributed by atoms with Crippen LogP contribution in [0.5, 0.6) is 0 Å². The van der Waals surface area contributed by atoms with Crippen LogP contribution in [-0.2, 0) is 57.2 Å². The fraction of sp³-hybridized carbons (Fsp3) is 0.524. The van der Waals surface area contributed by atoms with Crippen LogP contribution in [0.3, 0.4) is 0 Å². The standard InChI is InChI=1S/C21H26O12S/c1-11-6-8-16(9-7-11)34(26,27)28-10-17-18(29-12(2)22)19(30-13(3)23)20(31-14(4)24)21(33-17)32-15(5)25/h6-9,17-21H,10H2,1-5H3. The number of aryl methyl sites for hydroxylation is 1. The molecule has 5 atom stereocenters. The lowest BCUT2D eigenvalue weighted by Gasteiger charge is -2.43. The van der Waals surface area contributed by atoms with Crippen LogP contribution in [0.2, 0.25) is 0 Å². The third-order valence-corrected chi connectivity index (χ3v) is 5.77. The minimum atomic E-state index is -4.26. The molecule has 34 heavy (non-hydrogen) atoms. The summed E-state index contributed by atoms with van der Waals surface area (Å²) in [5, 5.41) is 0. The number of carbonyl (C=O) groups is 4. The molecule has 1 aromatic carbocycles. The van der Waals surface area contributed by atoms with Gasteiger partial charge in [0.05, 0.1) is 11.5 Å². The van der Waals surface area contributed by atoms with E-state index in [2.05, 4.69) is 0 Å². The van der Waals surface area contributed by atoms with Crippen LogP contribution in [0.4, 0.5) is 0 Å². The Morgan fingerprint density at radius 2 is 1.24 bits per heavy atom. The summed E-state index contributed by atoms with van der Waals surface area (Å²) in [4.78, 5) is 46.6. The summed E-state index contributed by atoms with van der Waals surface area (Å²) in [7, 11) is -4.26. The molecule has 0 aliphatic carbocycles. The summed E-state index contributed by atoms with van der Waals surface area (Å²) in [5.74, 6) is -3.33. The molecule has 0 radical (unpaired) electrons. The van der Waals surface area contributed by atoms with Crippen LogP contribution in [0, 0.1) is 6.92 Å². The average Bonchev–Trinajstić information content (AvgIpc) is 2.70. The molecule has 1 aromatic rings. The Kier molecular flexibility index (Phi) is 9.13. The van der Waals surface area contributed by atoms with Gasteiger partial charge in [-0.2, -0.15) is 8.42 Å². The van der Waals surface area contributed by atoms with E-state index in [1.165, 1.54) is 12.1 Å². The van der Waals surface area contributed by atoms with E-state index in [1.807, 2.05) is 0 Å². The van der Waals surface area contributed by atoms with Gasteiger partial charge >= 0.3 is 23.9 Å². The highest BCUT2D eigenvalue weighted by molar-refractivity contribution is 7.86. The lowest BCUT2D eigenvalue weighted by molar-refractivity contribution is -0.298. The summed E-state index contributed by atoms with van der Waals surface area (Å²) >= 11 is 0. The molecule has 2 rings (SSSR count). The van der Waals surface area contributed by atoms with Crippen molar-refractivity contribution in [3.63, 3.8) is 0 Å². The third-order valence-electron chi connectivity index (χ3n) is 4.48. The zero-order valence-electron chi connectivity index (χ0n) is 19.2. The van der Waals surface area contributed by atoms with Gasteiger partial charge in [0.25, 0.3) is 10.1 Å². The molecule has 1 saturated heterocycles. The second-order valence-corrected chi connectivity index (χ2v) is 9.04. The van der Waals surface area contributed by atoms with E-state index in [4.69, 9.17) is 27.9 Å². The SMILES string of the molecule is CC(=O)OC1OC(COS(=O)(=O)c2ccc(C)cc2)C(OC(C)=O)C(OC(C)=O)C1OC(C)=O. The lowest BCUT2D eigenvalue weighted by atomic mass is 9.98. The summed E-state index contributed by atoms with van der Waals surface area (Å²) in [5.41, 5.74) is 0.828. The van der Waals surface area contributed by atoms with Gasteiger partial charge in [-0.15, -0.1) is 0 Å². The highest BCUT2D eigenvalue weighted by atomic mass is 32.2. The molecule has 1 heterocycles. The number of benzene rings is 1. The molecule has 0 saturated carbocycles. The van der Waals surface area contributed by atoms with Gasteiger partial charge in [0, 0.05) is 27.7 Å². The summed E-state index contributed by atoms with van der Waals surface area (Å²) in [6, 6.07) is 5.84. The highest BCUT2D eigenvalue weighted by Crippen LogP contribution is 2.30. The van der Waals surface area contributed by atoms with Crippen molar-refractivity contribution >= 4 is 34.0 Å². The maximum atomic E-state index is 12.6. The lowest BCUT2D eigenvalue weighted by Crippen LogP contribution is -2.63. The number of esters is 4.